The Labute approximate surface area is 144 Å². The van der Waals surface area contributed by atoms with Crippen molar-refractivity contribution in [3.05, 3.63) is 50.9 Å². The summed E-state index contributed by atoms with van der Waals surface area (Å²) in [7, 11) is 1.66. The van der Waals surface area contributed by atoms with Crippen molar-refractivity contribution in [1.82, 2.24) is 15.3 Å². The molecular weight excluding hydrogens is 322 g/mol. The van der Waals surface area contributed by atoms with Gasteiger partial charge in [0.2, 0.25) is 0 Å². The van der Waals surface area contributed by atoms with E-state index in [0.717, 1.165) is 28.1 Å². The number of nitrogens with zero attached hydrogens (tertiary/aromatic N) is 1. The molecule has 0 spiro atoms. The van der Waals surface area contributed by atoms with E-state index < -0.39 is 0 Å². The molecule has 24 heavy (non-hydrogen) atoms. The topological polar surface area (TPSA) is 67.0 Å². The van der Waals surface area contributed by atoms with Gasteiger partial charge in [0.05, 0.1) is 18.5 Å². The van der Waals surface area contributed by atoms with E-state index in [0.29, 0.717) is 24.4 Å². The van der Waals surface area contributed by atoms with Gasteiger partial charge in [-0.2, -0.15) is 0 Å². The van der Waals surface area contributed by atoms with Crippen molar-refractivity contribution in [1.29, 1.82) is 0 Å². The second kappa shape index (κ2) is 7.25. The molecule has 3 rings (SSSR count). The number of thiophene rings is 1. The van der Waals surface area contributed by atoms with E-state index in [1.54, 1.807) is 7.11 Å². The predicted molar refractivity (Wildman–Crippen MR) is 98.7 cm³/mol. The van der Waals surface area contributed by atoms with Crippen molar-refractivity contribution < 1.29 is 4.74 Å². The van der Waals surface area contributed by atoms with Crippen molar-refractivity contribution in [2.75, 3.05) is 20.3 Å². The molecule has 0 saturated carbocycles. The van der Waals surface area contributed by atoms with Gasteiger partial charge in [-0.1, -0.05) is 23.8 Å². The molecule has 0 radical (unpaired) electrons. The molecule has 0 aliphatic heterocycles. The molecule has 1 aromatic carbocycles. The minimum absolute atomic E-state index is 0.0827. The molecule has 2 N–H and O–H groups in total. The highest BCUT2D eigenvalue weighted by Gasteiger charge is 2.14. The van der Waals surface area contributed by atoms with Gasteiger partial charge in [0.25, 0.3) is 5.56 Å². The van der Waals surface area contributed by atoms with Gasteiger partial charge in [-0.3, -0.25) is 4.79 Å². The highest BCUT2D eigenvalue weighted by atomic mass is 32.1. The third kappa shape index (κ3) is 3.40. The summed E-state index contributed by atoms with van der Waals surface area (Å²) in [6, 6.07) is 6.29. The molecule has 0 fully saturated rings. The lowest BCUT2D eigenvalue weighted by Gasteiger charge is -2.07. The van der Waals surface area contributed by atoms with E-state index in [-0.39, 0.29) is 5.56 Å². The summed E-state index contributed by atoms with van der Waals surface area (Å²) in [6.07, 6.45) is 0. The van der Waals surface area contributed by atoms with Crippen LogP contribution in [0.4, 0.5) is 0 Å². The van der Waals surface area contributed by atoms with Crippen LogP contribution in [-0.4, -0.2) is 30.2 Å². The highest BCUT2D eigenvalue weighted by Crippen LogP contribution is 2.33. The minimum Gasteiger partial charge on any atom is -0.383 e. The maximum atomic E-state index is 12.6. The van der Waals surface area contributed by atoms with E-state index in [1.807, 2.05) is 5.38 Å². The molecule has 0 unspecified atom stereocenters. The van der Waals surface area contributed by atoms with E-state index in [9.17, 15) is 4.79 Å². The predicted octanol–water partition coefficient (Wildman–Crippen LogP) is 3.00. The van der Waals surface area contributed by atoms with Crippen LogP contribution in [-0.2, 0) is 11.3 Å². The third-order valence-corrected chi connectivity index (χ3v) is 4.82. The second-order valence-electron chi connectivity index (χ2n) is 5.83. The van der Waals surface area contributed by atoms with E-state index >= 15 is 0 Å². The summed E-state index contributed by atoms with van der Waals surface area (Å²) < 4.78 is 4.99. The number of H-pyrrole nitrogens is 1. The summed E-state index contributed by atoms with van der Waals surface area (Å²) in [5.74, 6) is 0.651. The lowest BCUT2D eigenvalue weighted by Crippen LogP contribution is -2.22. The maximum absolute atomic E-state index is 12.6. The standard InChI is InChI=1S/C18H21N3O2S/c1-11-4-5-12(2)13(8-11)14-10-24-18-16(14)17(22)20-15(21-18)9-19-6-7-23-3/h4-5,8,10,19H,6-7,9H2,1-3H3,(H,20,21,22). The van der Waals surface area contributed by atoms with E-state index in [4.69, 9.17) is 4.74 Å². The normalized spacial score (nSPS) is 11.3. The summed E-state index contributed by atoms with van der Waals surface area (Å²) in [5, 5.41) is 5.90. The lowest BCUT2D eigenvalue weighted by molar-refractivity contribution is 0.199. The zero-order chi connectivity index (χ0) is 17.1. The van der Waals surface area contributed by atoms with Gasteiger partial charge < -0.3 is 15.0 Å². The fourth-order valence-electron chi connectivity index (χ4n) is 2.68. The summed E-state index contributed by atoms with van der Waals surface area (Å²) in [5.41, 5.74) is 4.31. The zero-order valence-electron chi connectivity index (χ0n) is 14.1. The second-order valence-corrected chi connectivity index (χ2v) is 6.69. The molecular formula is C18H21N3O2S. The van der Waals surface area contributed by atoms with Gasteiger partial charge in [0, 0.05) is 24.6 Å². The molecule has 3 aromatic rings. The number of hydrogen-bond acceptors (Lipinski definition) is 5. The molecule has 0 saturated heterocycles. The molecule has 2 aromatic heterocycles. The Morgan fingerprint density at radius 1 is 1.29 bits per heavy atom. The Balaban J connectivity index is 1.98. The minimum atomic E-state index is -0.0827. The summed E-state index contributed by atoms with van der Waals surface area (Å²) >= 11 is 1.51. The molecule has 2 heterocycles. The average molecular weight is 343 g/mol. The Morgan fingerprint density at radius 3 is 2.92 bits per heavy atom. The number of aryl methyl sites for hydroxylation is 2. The molecule has 0 amide bonds. The summed E-state index contributed by atoms with van der Waals surface area (Å²) in [4.78, 5) is 20.9. The smallest absolute Gasteiger partial charge is 0.260 e. The zero-order valence-corrected chi connectivity index (χ0v) is 14.9. The van der Waals surface area contributed by atoms with Gasteiger partial charge in [-0.15, -0.1) is 11.3 Å². The molecule has 0 atom stereocenters. The van der Waals surface area contributed by atoms with Gasteiger partial charge in [0.1, 0.15) is 10.7 Å². The van der Waals surface area contributed by atoms with Gasteiger partial charge in [-0.25, -0.2) is 4.98 Å². The first-order chi connectivity index (χ1) is 11.6. The number of nitrogens with one attached hydrogen (secondary N) is 2. The number of fused-ring (bicyclic) bond motifs is 1. The van der Waals surface area contributed by atoms with Crippen LogP contribution in [0.2, 0.25) is 0 Å². The van der Waals surface area contributed by atoms with Crippen molar-refractivity contribution >= 4 is 21.6 Å². The van der Waals surface area contributed by atoms with Gasteiger partial charge in [-0.05, 0) is 25.0 Å². The van der Waals surface area contributed by atoms with Crippen molar-refractivity contribution in [3.63, 3.8) is 0 Å². The van der Waals surface area contributed by atoms with Crippen LogP contribution in [0.15, 0.2) is 28.4 Å². The van der Waals surface area contributed by atoms with Crippen LogP contribution in [0.1, 0.15) is 17.0 Å². The number of hydrogen-bond donors (Lipinski definition) is 2. The van der Waals surface area contributed by atoms with Crippen molar-refractivity contribution in [2.45, 2.75) is 20.4 Å². The quantitative estimate of drug-likeness (QED) is 0.675. The van der Waals surface area contributed by atoms with Crippen molar-refractivity contribution in [3.8, 4) is 11.1 Å². The number of aromatic amines is 1. The lowest BCUT2D eigenvalue weighted by atomic mass is 9.99. The first-order valence-corrected chi connectivity index (χ1v) is 8.76. The number of aromatic nitrogens is 2. The first kappa shape index (κ1) is 16.8. The fraction of sp³-hybridized carbons (Fsp3) is 0.333. The first-order valence-electron chi connectivity index (χ1n) is 7.88. The Hall–Kier alpha value is -2.02. The van der Waals surface area contributed by atoms with Crippen LogP contribution in [0.5, 0.6) is 0 Å². The highest BCUT2D eigenvalue weighted by molar-refractivity contribution is 7.17. The number of rotatable bonds is 6. The van der Waals surface area contributed by atoms with E-state index in [1.165, 1.54) is 16.9 Å². The number of methoxy groups -OCH3 is 1. The monoisotopic (exact) mass is 343 g/mol. The summed E-state index contributed by atoms with van der Waals surface area (Å²) in [6.45, 7) is 5.99. The maximum Gasteiger partial charge on any atom is 0.260 e. The average Bonchev–Trinajstić information content (AvgIpc) is 2.98. The molecule has 126 valence electrons. The Morgan fingerprint density at radius 2 is 2.12 bits per heavy atom. The van der Waals surface area contributed by atoms with Crippen LogP contribution in [0.3, 0.4) is 0 Å². The number of ether oxygens (including phenoxy) is 1. The molecule has 0 aliphatic rings. The third-order valence-electron chi connectivity index (χ3n) is 3.95. The fourth-order valence-corrected chi connectivity index (χ4v) is 3.64. The molecule has 6 heteroatoms. The van der Waals surface area contributed by atoms with Crippen LogP contribution in [0, 0.1) is 13.8 Å². The van der Waals surface area contributed by atoms with Gasteiger partial charge in [0.15, 0.2) is 0 Å². The van der Waals surface area contributed by atoms with Gasteiger partial charge >= 0.3 is 0 Å². The largest absolute Gasteiger partial charge is 0.383 e. The Bertz CT molecular complexity index is 914. The van der Waals surface area contributed by atoms with Crippen LogP contribution >= 0.6 is 11.3 Å². The molecule has 0 bridgehead atoms. The molecule has 0 aliphatic carbocycles. The Kier molecular flexibility index (Phi) is 5.08. The van der Waals surface area contributed by atoms with E-state index in [2.05, 4.69) is 47.3 Å². The SMILES string of the molecule is COCCNCc1nc2scc(-c3cc(C)ccc3C)c2c(=O)[nH]1. The van der Waals surface area contributed by atoms with Crippen molar-refractivity contribution in [2.24, 2.45) is 0 Å². The number of benzene rings is 1. The molecule has 5 nitrogen and oxygen atoms in total. The van der Waals surface area contributed by atoms with Crippen LogP contribution < -0.4 is 10.9 Å². The van der Waals surface area contributed by atoms with Crippen LogP contribution in [0.25, 0.3) is 21.3 Å².